The zero-order valence-electron chi connectivity index (χ0n) is 11.2. The van der Waals surface area contributed by atoms with Gasteiger partial charge < -0.3 is 5.73 Å². The van der Waals surface area contributed by atoms with Crippen LogP contribution in [0.1, 0.15) is 29.0 Å². The minimum atomic E-state index is -0.214. The first-order chi connectivity index (χ1) is 9.63. The van der Waals surface area contributed by atoms with E-state index in [0.717, 1.165) is 22.9 Å². The van der Waals surface area contributed by atoms with Gasteiger partial charge in [0.05, 0.1) is 0 Å². The second-order valence-electron chi connectivity index (χ2n) is 5.49. The normalized spacial score (nSPS) is 18.9. The molecule has 104 valence electrons. The van der Waals surface area contributed by atoms with Crippen molar-refractivity contribution in [1.82, 2.24) is 0 Å². The lowest BCUT2D eigenvalue weighted by Crippen LogP contribution is -2.29. The first-order valence-electron chi connectivity index (χ1n) is 6.92. The second kappa shape index (κ2) is 5.66. The van der Waals surface area contributed by atoms with Crippen LogP contribution in [0.15, 0.2) is 46.9 Å². The third-order valence-electron chi connectivity index (χ3n) is 4.09. The van der Waals surface area contributed by atoms with Gasteiger partial charge >= 0.3 is 0 Å². The van der Waals surface area contributed by atoms with E-state index < -0.39 is 0 Å². The fraction of sp³-hybridized carbons (Fsp3) is 0.294. The van der Waals surface area contributed by atoms with Crippen LogP contribution >= 0.6 is 15.9 Å². The van der Waals surface area contributed by atoms with Gasteiger partial charge in [0.25, 0.3) is 0 Å². The summed E-state index contributed by atoms with van der Waals surface area (Å²) in [6, 6.07) is 13.5. The van der Waals surface area contributed by atoms with Crippen molar-refractivity contribution in [3.63, 3.8) is 0 Å². The second-order valence-corrected chi connectivity index (χ2v) is 6.41. The van der Waals surface area contributed by atoms with Crippen LogP contribution in [-0.2, 0) is 12.8 Å². The molecule has 2 aromatic carbocycles. The maximum Gasteiger partial charge on any atom is 0.124 e. The first kappa shape index (κ1) is 13.8. The zero-order chi connectivity index (χ0) is 14.1. The molecule has 0 aliphatic heterocycles. The molecule has 2 atom stereocenters. The van der Waals surface area contributed by atoms with E-state index in [1.807, 2.05) is 6.07 Å². The Labute approximate surface area is 127 Å². The van der Waals surface area contributed by atoms with Crippen LogP contribution in [0.4, 0.5) is 4.39 Å². The number of aryl methyl sites for hydroxylation is 1. The van der Waals surface area contributed by atoms with E-state index >= 15 is 0 Å². The summed E-state index contributed by atoms with van der Waals surface area (Å²) in [4.78, 5) is 0. The Hall–Kier alpha value is -1.19. The Morgan fingerprint density at radius 3 is 2.85 bits per heavy atom. The Morgan fingerprint density at radius 1 is 1.25 bits per heavy atom. The van der Waals surface area contributed by atoms with Crippen molar-refractivity contribution in [2.45, 2.75) is 31.2 Å². The maximum absolute atomic E-state index is 13.4. The molecule has 0 radical (unpaired) electrons. The van der Waals surface area contributed by atoms with Crippen LogP contribution in [0.3, 0.4) is 0 Å². The van der Waals surface area contributed by atoms with Crippen LogP contribution in [0, 0.1) is 5.82 Å². The monoisotopic (exact) mass is 333 g/mol. The van der Waals surface area contributed by atoms with E-state index in [1.54, 1.807) is 6.07 Å². The summed E-state index contributed by atoms with van der Waals surface area (Å²) in [7, 11) is 0. The van der Waals surface area contributed by atoms with Gasteiger partial charge in [0.1, 0.15) is 5.82 Å². The number of hydrogen-bond acceptors (Lipinski definition) is 1. The van der Waals surface area contributed by atoms with E-state index in [-0.39, 0.29) is 11.9 Å². The minimum absolute atomic E-state index is 0.0346. The van der Waals surface area contributed by atoms with Gasteiger partial charge in [-0.1, -0.05) is 40.2 Å². The smallest absolute Gasteiger partial charge is 0.124 e. The van der Waals surface area contributed by atoms with Crippen LogP contribution in [-0.4, -0.2) is 6.04 Å². The SMILES string of the molecule is NC(Cc1cc(F)cc(Br)c1)C1CCc2ccccc21. The number of benzene rings is 2. The van der Waals surface area contributed by atoms with Gasteiger partial charge in [0, 0.05) is 10.5 Å². The molecule has 0 saturated heterocycles. The van der Waals surface area contributed by atoms with Gasteiger partial charge in [-0.25, -0.2) is 4.39 Å². The molecule has 3 heteroatoms. The molecule has 20 heavy (non-hydrogen) atoms. The lowest BCUT2D eigenvalue weighted by atomic mass is 9.89. The third-order valence-corrected chi connectivity index (χ3v) is 4.55. The Morgan fingerprint density at radius 2 is 2.05 bits per heavy atom. The summed E-state index contributed by atoms with van der Waals surface area (Å²) in [6.07, 6.45) is 2.90. The molecule has 2 N–H and O–H groups in total. The van der Waals surface area contributed by atoms with E-state index in [1.165, 1.54) is 17.2 Å². The van der Waals surface area contributed by atoms with Crippen molar-refractivity contribution in [3.05, 3.63) is 69.4 Å². The molecule has 0 spiro atoms. The lowest BCUT2D eigenvalue weighted by Gasteiger charge is -2.20. The summed E-state index contributed by atoms with van der Waals surface area (Å²) in [5.41, 5.74) is 10.1. The maximum atomic E-state index is 13.4. The molecule has 0 bridgehead atoms. The first-order valence-corrected chi connectivity index (χ1v) is 7.71. The minimum Gasteiger partial charge on any atom is -0.327 e. The van der Waals surface area contributed by atoms with Gasteiger partial charge in [0.2, 0.25) is 0 Å². The molecule has 0 fully saturated rings. The molecule has 2 unspecified atom stereocenters. The number of halogens is 2. The van der Waals surface area contributed by atoms with Crippen molar-refractivity contribution in [2.75, 3.05) is 0 Å². The van der Waals surface area contributed by atoms with Gasteiger partial charge in [-0.15, -0.1) is 0 Å². The van der Waals surface area contributed by atoms with Crippen LogP contribution < -0.4 is 5.73 Å². The largest absolute Gasteiger partial charge is 0.327 e. The lowest BCUT2D eigenvalue weighted by molar-refractivity contribution is 0.523. The molecule has 0 aromatic heterocycles. The van der Waals surface area contributed by atoms with Gasteiger partial charge in [-0.3, -0.25) is 0 Å². The van der Waals surface area contributed by atoms with E-state index in [9.17, 15) is 4.39 Å². The quantitative estimate of drug-likeness (QED) is 0.895. The molecule has 2 aromatic rings. The summed E-state index contributed by atoms with van der Waals surface area (Å²) < 4.78 is 14.2. The highest BCUT2D eigenvalue weighted by Gasteiger charge is 2.27. The molecule has 0 amide bonds. The molecule has 0 saturated carbocycles. The van der Waals surface area contributed by atoms with Crippen molar-refractivity contribution in [2.24, 2.45) is 5.73 Å². The molecular weight excluding hydrogens is 317 g/mol. The highest BCUT2D eigenvalue weighted by molar-refractivity contribution is 9.10. The highest BCUT2D eigenvalue weighted by Crippen LogP contribution is 2.35. The molecule has 1 nitrogen and oxygen atoms in total. The summed E-state index contributed by atoms with van der Waals surface area (Å²) in [5.74, 6) is 0.168. The topological polar surface area (TPSA) is 26.0 Å². The van der Waals surface area contributed by atoms with Crippen LogP contribution in [0.5, 0.6) is 0 Å². The summed E-state index contributed by atoms with van der Waals surface area (Å²) in [5, 5.41) is 0. The number of nitrogens with two attached hydrogens (primary N) is 1. The number of hydrogen-bond donors (Lipinski definition) is 1. The average molecular weight is 334 g/mol. The predicted octanol–water partition coefficient (Wildman–Crippen LogP) is 4.19. The molecule has 0 heterocycles. The Bertz CT molecular complexity index is 606. The van der Waals surface area contributed by atoms with E-state index in [2.05, 4.69) is 40.2 Å². The zero-order valence-corrected chi connectivity index (χ0v) is 12.7. The van der Waals surface area contributed by atoms with Crippen molar-refractivity contribution in [1.29, 1.82) is 0 Å². The van der Waals surface area contributed by atoms with Gasteiger partial charge in [-0.2, -0.15) is 0 Å². The summed E-state index contributed by atoms with van der Waals surface area (Å²) >= 11 is 3.33. The number of rotatable bonds is 3. The molecular formula is C17H17BrFN. The highest BCUT2D eigenvalue weighted by atomic mass is 79.9. The van der Waals surface area contributed by atoms with Crippen molar-refractivity contribution < 1.29 is 4.39 Å². The van der Waals surface area contributed by atoms with E-state index in [0.29, 0.717) is 12.3 Å². The van der Waals surface area contributed by atoms with Gasteiger partial charge in [-0.05, 0) is 60.1 Å². The van der Waals surface area contributed by atoms with Gasteiger partial charge in [0.15, 0.2) is 0 Å². The Balaban J connectivity index is 1.79. The molecule has 1 aliphatic rings. The summed E-state index contributed by atoms with van der Waals surface area (Å²) in [6.45, 7) is 0. The molecule has 3 rings (SSSR count). The fourth-order valence-corrected chi connectivity index (χ4v) is 3.69. The average Bonchev–Trinajstić information content (AvgIpc) is 2.81. The Kier molecular flexibility index (Phi) is 3.90. The van der Waals surface area contributed by atoms with Crippen LogP contribution in [0.2, 0.25) is 0 Å². The standard InChI is InChI=1S/C17H17BrFN/c18-13-7-11(8-14(19)10-13)9-17(20)16-6-5-12-3-1-2-4-15(12)16/h1-4,7-8,10,16-17H,5-6,9,20H2. The van der Waals surface area contributed by atoms with E-state index in [4.69, 9.17) is 5.73 Å². The third kappa shape index (κ3) is 2.79. The van der Waals surface area contributed by atoms with Crippen molar-refractivity contribution >= 4 is 15.9 Å². The predicted molar refractivity (Wildman–Crippen MR) is 83.3 cm³/mol. The molecule has 1 aliphatic carbocycles. The van der Waals surface area contributed by atoms with Crippen molar-refractivity contribution in [3.8, 4) is 0 Å². The van der Waals surface area contributed by atoms with Crippen LogP contribution in [0.25, 0.3) is 0 Å². The number of fused-ring (bicyclic) bond motifs is 1. The fourth-order valence-electron chi connectivity index (χ4n) is 3.18.